The van der Waals surface area contributed by atoms with Crippen LogP contribution in [0, 0.1) is 0 Å². The molecule has 0 saturated heterocycles. The highest BCUT2D eigenvalue weighted by Gasteiger charge is 2.22. The molecule has 7 aromatic carbocycles. The van der Waals surface area contributed by atoms with Gasteiger partial charge in [0.25, 0.3) is 0 Å². The van der Waals surface area contributed by atoms with Gasteiger partial charge in [-0.25, -0.2) is 0 Å². The van der Waals surface area contributed by atoms with Crippen LogP contribution in [0.15, 0.2) is 148 Å². The van der Waals surface area contributed by atoms with Crippen LogP contribution in [-0.4, -0.2) is 0 Å². The molecular formula is C38H23NO2. The molecule has 0 saturated carbocycles. The van der Waals surface area contributed by atoms with E-state index in [1.807, 2.05) is 24.3 Å². The van der Waals surface area contributed by atoms with Crippen molar-refractivity contribution in [2.45, 2.75) is 0 Å². The quantitative estimate of drug-likeness (QED) is 0.215. The Labute approximate surface area is 235 Å². The number of hydrogen-bond donors (Lipinski definition) is 0. The van der Waals surface area contributed by atoms with Crippen LogP contribution in [0.4, 0.5) is 17.1 Å². The molecule has 0 aliphatic rings. The van der Waals surface area contributed by atoms with Crippen LogP contribution in [0.2, 0.25) is 0 Å². The van der Waals surface area contributed by atoms with Gasteiger partial charge in [-0.2, -0.15) is 0 Å². The summed E-state index contributed by atoms with van der Waals surface area (Å²) < 4.78 is 12.9. The first-order valence-corrected chi connectivity index (χ1v) is 13.9. The highest BCUT2D eigenvalue weighted by Crippen LogP contribution is 2.46. The average molecular weight is 526 g/mol. The minimum atomic E-state index is 0.857. The third-order valence-corrected chi connectivity index (χ3v) is 8.23. The van der Waals surface area contributed by atoms with Gasteiger partial charge < -0.3 is 13.7 Å². The van der Waals surface area contributed by atoms with E-state index in [1.54, 1.807) is 0 Å². The zero-order valence-electron chi connectivity index (χ0n) is 22.0. The van der Waals surface area contributed by atoms with Gasteiger partial charge in [0.05, 0.1) is 17.1 Å². The molecule has 0 amide bonds. The van der Waals surface area contributed by atoms with Crippen LogP contribution in [-0.2, 0) is 0 Å². The van der Waals surface area contributed by atoms with E-state index < -0.39 is 0 Å². The Morgan fingerprint density at radius 2 is 0.976 bits per heavy atom. The Morgan fingerprint density at radius 3 is 1.80 bits per heavy atom. The third kappa shape index (κ3) is 3.26. The van der Waals surface area contributed by atoms with Crippen LogP contribution in [0.25, 0.3) is 65.4 Å². The lowest BCUT2D eigenvalue weighted by molar-refractivity contribution is 0.667. The van der Waals surface area contributed by atoms with Crippen LogP contribution in [0.5, 0.6) is 0 Å². The molecule has 2 aromatic heterocycles. The van der Waals surface area contributed by atoms with Crippen molar-refractivity contribution in [1.82, 2.24) is 0 Å². The van der Waals surface area contributed by atoms with Gasteiger partial charge in [-0.1, -0.05) is 97.1 Å². The molecule has 0 N–H and O–H groups in total. The second-order valence-corrected chi connectivity index (χ2v) is 10.5. The van der Waals surface area contributed by atoms with Crippen molar-refractivity contribution in [3.05, 3.63) is 140 Å². The first kappa shape index (κ1) is 22.3. The van der Waals surface area contributed by atoms with Crippen molar-refractivity contribution in [2.24, 2.45) is 0 Å². The van der Waals surface area contributed by atoms with Crippen LogP contribution in [0.1, 0.15) is 0 Å². The lowest BCUT2D eigenvalue weighted by Crippen LogP contribution is -2.11. The highest BCUT2D eigenvalue weighted by molar-refractivity contribution is 6.17. The Bertz CT molecular complexity index is 2450. The lowest BCUT2D eigenvalue weighted by Gasteiger charge is -2.27. The molecule has 0 aliphatic heterocycles. The van der Waals surface area contributed by atoms with E-state index in [0.29, 0.717) is 0 Å². The Morgan fingerprint density at radius 1 is 0.366 bits per heavy atom. The molecule has 9 rings (SSSR count). The van der Waals surface area contributed by atoms with E-state index in [4.69, 9.17) is 8.83 Å². The fraction of sp³-hybridized carbons (Fsp3) is 0. The average Bonchev–Trinajstić information content (AvgIpc) is 3.60. The van der Waals surface area contributed by atoms with Crippen LogP contribution in [0.3, 0.4) is 0 Å². The summed E-state index contributed by atoms with van der Waals surface area (Å²) in [7, 11) is 0. The second-order valence-electron chi connectivity index (χ2n) is 10.5. The summed E-state index contributed by atoms with van der Waals surface area (Å²) in [5.74, 6) is 0. The third-order valence-electron chi connectivity index (χ3n) is 8.23. The zero-order valence-corrected chi connectivity index (χ0v) is 22.0. The maximum atomic E-state index is 6.58. The molecule has 2 heterocycles. The normalized spacial score (nSPS) is 11.9. The smallest absolute Gasteiger partial charge is 0.159 e. The molecule has 0 spiro atoms. The van der Waals surface area contributed by atoms with Gasteiger partial charge in [-0.05, 0) is 52.6 Å². The van der Waals surface area contributed by atoms with Crippen LogP contribution >= 0.6 is 0 Å². The second kappa shape index (κ2) is 8.48. The topological polar surface area (TPSA) is 29.5 Å². The molecule has 0 radical (unpaired) electrons. The minimum Gasteiger partial charge on any atom is -0.456 e. The van der Waals surface area contributed by atoms with Gasteiger partial charge in [0.15, 0.2) is 5.58 Å². The molecule has 3 heteroatoms. The van der Waals surface area contributed by atoms with Crippen molar-refractivity contribution < 1.29 is 8.83 Å². The van der Waals surface area contributed by atoms with Gasteiger partial charge >= 0.3 is 0 Å². The van der Waals surface area contributed by atoms with Gasteiger partial charge in [-0.3, -0.25) is 0 Å². The van der Waals surface area contributed by atoms with Crippen molar-refractivity contribution in [3.63, 3.8) is 0 Å². The number of furan rings is 2. The summed E-state index contributed by atoms with van der Waals surface area (Å²) >= 11 is 0. The Balaban J connectivity index is 1.41. The summed E-state index contributed by atoms with van der Waals surface area (Å²) in [6, 6.07) is 48.9. The predicted octanol–water partition coefficient (Wildman–Crippen LogP) is 11.3. The highest BCUT2D eigenvalue weighted by atomic mass is 16.3. The molecule has 0 fully saturated rings. The number of rotatable bonds is 3. The number of benzene rings is 7. The lowest BCUT2D eigenvalue weighted by atomic mass is 9.98. The van der Waals surface area contributed by atoms with E-state index in [2.05, 4.69) is 120 Å². The van der Waals surface area contributed by atoms with E-state index in [9.17, 15) is 0 Å². The molecule has 0 aliphatic carbocycles. The molecule has 0 atom stereocenters. The maximum absolute atomic E-state index is 6.58. The fourth-order valence-electron chi connectivity index (χ4n) is 6.39. The molecule has 0 bridgehead atoms. The monoisotopic (exact) mass is 525 g/mol. The molecule has 3 nitrogen and oxygen atoms in total. The van der Waals surface area contributed by atoms with Crippen LogP contribution < -0.4 is 4.90 Å². The summed E-state index contributed by atoms with van der Waals surface area (Å²) in [4.78, 5) is 2.33. The standard InChI is InChI=1S/C38H23NO2/c1-2-11-26-24(10-1)22-34(28-13-4-3-12-27(26)28)39(25-20-21-31-29-14-5-7-18-35(29)40-37(31)23-25)33-17-9-16-32-30-15-6-8-19-36(30)41-38(32)33/h1-23H. The maximum Gasteiger partial charge on any atom is 0.159 e. The molecule has 0 unspecified atom stereocenters. The van der Waals surface area contributed by atoms with E-state index in [1.165, 1.54) is 21.5 Å². The van der Waals surface area contributed by atoms with Crippen molar-refractivity contribution in [3.8, 4) is 0 Å². The Hall–Kier alpha value is -5.54. The van der Waals surface area contributed by atoms with Crippen molar-refractivity contribution in [1.29, 1.82) is 0 Å². The fourth-order valence-corrected chi connectivity index (χ4v) is 6.39. The molecule has 9 aromatic rings. The number of fused-ring (bicyclic) bond motifs is 9. The van der Waals surface area contributed by atoms with Gasteiger partial charge in [0.1, 0.15) is 16.7 Å². The zero-order chi connectivity index (χ0) is 26.9. The van der Waals surface area contributed by atoms with E-state index >= 15 is 0 Å². The summed E-state index contributed by atoms with van der Waals surface area (Å²) in [6.45, 7) is 0. The van der Waals surface area contributed by atoms with E-state index in [0.717, 1.165) is 60.9 Å². The number of anilines is 3. The SMILES string of the molecule is c1ccc2c(c1)cc(N(c1ccc3c(c1)oc1ccccc13)c1cccc3c1oc1ccccc13)c1ccccc12. The van der Waals surface area contributed by atoms with Crippen molar-refractivity contribution >= 4 is 82.5 Å². The first-order valence-electron chi connectivity index (χ1n) is 13.9. The largest absolute Gasteiger partial charge is 0.456 e. The molecule has 192 valence electrons. The summed E-state index contributed by atoms with van der Waals surface area (Å²) in [5, 5.41) is 9.25. The van der Waals surface area contributed by atoms with Gasteiger partial charge in [0, 0.05) is 33.0 Å². The van der Waals surface area contributed by atoms with Gasteiger partial charge in [-0.15, -0.1) is 0 Å². The minimum absolute atomic E-state index is 0.857. The first-order chi connectivity index (χ1) is 20.3. The summed E-state index contributed by atoms with van der Waals surface area (Å²) in [5.41, 5.74) is 6.56. The van der Waals surface area contributed by atoms with E-state index in [-0.39, 0.29) is 0 Å². The molecular weight excluding hydrogens is 502 g/mol. The van der Waals surface area contributed by atoms with Crippen molar-refractivity contribution in [2.75, 3.05) is 4.90 Å². The van der Waals surface area contributed by atoms with Gasteiger partial charge in [0.2, 0.25) is 0 Å². The number of nitrogens with zero attached hydrogens (tertiary/aromatic N) is 1. The Kier molecular flexibility index (Phi) is 4.61. The molecule has 41 heavy (non-hydrogen) atoms. The number of hydrogen-bond acceptors (Lipinski definition) is 3. The number of para-hydroxylation sites is 3. The summed E-state index contributed by atoms with van der Waals surface area (Å²) in [6.07, 6.45) is 0. The predicted molar refractivity (Wildman–Crippen MR) is 171 cm³/mol.